The summed E-state index contributed by atoms with van der Waals surface area (Å²) in [6, 6.07) is 7.03. The van der Waals surface area contributed by atoms with Gasteiger partial charge in [-0.3, -0.25) is 9.48 Å². The molecule has 1 heterocycles. The normalized spacial score (nSPS) is 10.5. The number of ether oxygens (including phenoxy) is 2. The molecule has 1 aromatic heterocycles. The zero-order chi connectivity index (χ0) is 15.4. The minimum Gasteiger partial charge on any atom is -0.497 e. The van der Waals surface area contributed by atoms with E-state index in [-0.39, 0.29) is 5.78 Å². The molecule has 0 aliphatic rings. The fourth-order valence-electron chi connectivity index (χ4n) is 2.19. The van der Waals surface area contributed by atoms with Gasteiger partial charge in [0.2, 0.25) is 5.78 Å². The van der Waals surface area contributed by atoms with Gasteiger partial charge < -0.3 is 9.47 Å². The molecule has 2 aromatic rings. The molecule has 0 atom stereocenters. The van der Waals surface area contributed by atoms with Crippen molar-refractivity contribution in [2.75, 3.05) is 14.2 Å². The largest absolute Gasteiger partial charge is 0.497 e. The molecule has 5 heteroatoms. The Bertz CT molecular complexity index is 647. The van der Waals surface area contributed by atoms with E-state index in [1.165, 1.54) is 0 Å². The minimum absolute atomic E-state index is 0.0939. The van der Waals surface area contributed by atoms with E-state index < -0.39 is 0 Å². The molecule has 0 spiro atoms. The molecule has 0 saturated carbocycles. The van der Waals surface area contributed by atoms with Gasteiger partial charge in [-0.05, 0) is 31.5 Å². The molecule has 0 aliphatic carbocycles. The van der Waals surface area contributed by atoms with Crippen LogP contribution in [0, 0.1) is 0 Å². The summed E-state index contributed by atoms with van der Waals surface area (Å²) in [6.45, 7) is 4.64. The first-order valence-electron chi connectivity index (χ1n) is 6.98. The summed E-state index contributed by atoms with van der Waals surface area (Å²) in [5.74, 6) is 1.06. The molecule has 21 heavy (non-hydrogen) atoms. The summed E-state index contributed by atoms with van der Waals surface area (Å²) in [5, 5.41) is 4.41. The van der Waals surface area contributed by atoms with Crippen LogP contribution in [0.5, 0.6) is 11.5 Å². The highest BCUT2D eigenvalue weighted by Gasteiger charge is 2.20. The summed E-state index contributed by atoms with van der Waals surface area (Å²) >= 11 is 0. The molecule has 0 amide bonds. The molecule has 0 aliphatic heterocycles. The van der Waals surface area contributed by atoms with Crippen molar-refractivity contribution in [1.82, 2.24) is 9.78 Å². The van der Waals surface area contributed by atoms with Gasteiger partial charge in [-0.2, -0.15) is 5.10 Å². The van der Waals surface area contributed by atoms with Crippen LogP contribution in [0.15, 0.2) is 24.3 Å². The van der Waals surface area contributed by atoms with Gasteiger partial charge in [-0.1, -0.05) is 6.92 Å². The number of hydrogen-bond donors (Lipinski definition) is 0. The standard InChI is InChI=1S/C16H20N2O3/c1-5-11-9-14(18(6-2)17-11)16(19)13-8-7-12(20-3)10-15(13)21-4/h7-10H,5-6H2,1-4H3. The van der Waals surface area contributed by atoms with E-state index in [4.69, 9.17) is 9.47 Å². The molecule has 0 bridgehead atoms. The second-order valence-electron chi connectivity index (χ2n) is 4.59. The molecule has 0 fully saturated rings. The van der Waals surface area contributed by atoms with Gasteiger partial charge in [-0.15, -0.1) is 0 Å². The molecule has 2 rings (SSSR count). The third-order valence-corrected chi connectivity index (χ3v) is 3.38. The summed E-state index contributed by atoms with van der Waals surface area (Å²) in [7, 11) is 3.12. The average Bonchev–Trinajstić information content (AvgIpc) is 2.96. The number of hydrogen-bond acceptors (Lipinski definition) is 4. The SMILES string of the molecule is CCc1cc(C(=O)c2ccc(OC)cc2OC)n(CC)n1. The Morgan fingerprint density at radius 3 is 2.52 bits per heavy atom. The molecule has 0 N–H and O–H groups in total. The maximum atomic E-state index is 12.8. The van der Waals surface area contributed by atoms with Crippen molar-refractivity contribution in [3.05, 3.63) is 41.2 Å². The minimum atomic E-state index is -0.0939. The maximum Gasteiger partial charge on any atom is 0.214 e. The van der Waals surface area contributed by atoms with Gasteiger partial charge in [0.25, 0.3) is 0 Å². The van der Waals surface area contributed by atoms with Gasteiger partial charge in [0.05, 0.1) is 25.5 Å². The smallest absolute Gasteiger partial charge is 0.214 e. The van der Waals surface area contributed by atoms with Crippen LogP contribution >= 0.6 is 0 Å². The maximum absolute atomic E-state index is 12.8. The van der Waals surface area contributed by atoms with Gasteiger partial charge in [0, 0.05) is 12.6 Å². The van der Waals surface area contributed by atoms with Crippen molar-refractivity contribution >= 4 is 5.78 Å². The Morgan fingerprint density at radius 2 is 1.95 bits per heavy atom. The quantitative estimate of drug-likeness (QED) is 0.767. The molecule has 1 aromatic carbocycles. The third-order valence-electron chi connectivity index (χ3n) is 3.38. The van der Waals surface area contributed by atoms with Gasteiger partial charge in [-0.25, -0.2) is 0 Å². The second-order valence-corrected chi connectivity index (χ2v) is 4.59. The molecular formula is C16H20N2O3. The summed E-state index contributed by atoms with van der Waals surface area (Å²) in [5.41, 5.74) is 2.00. The van der Waals surface area contributed by atoms with E-state index in [0.29, 0.717) is 29.3 Å². The first kappa shape index (κ1) is 15.1. The highest BCUT2D eigenvalue weighted by atomic mass is 16.5. The topological polar surface area (TPSA) is 53.4 Å². The highest BCUT2D eigenvalue weighted by Crippen LogP contribution is 2.27. The van der Waals surface area contributed by atoms with Crippen LogP contribution in [0.2, 0.25) is 0 Å². The lowest BCUT2D eigenvalue weighted by Gasteiger charge is -2.10. The number of nitrogens with zero attached hydrogens (tertiary/aromatic N) is 2. The first-order valence-corrected chi connectivity index (χ1v) is 6.98. The Hall–Kier alpha value is -2.30. The van der Waals surface area contributed by atoms with Crippen LogP contribution in [-0.4, -0.2) is 29.8 Å². The fourth-order valence-corrected chi connectivity index (χ4v) is 2.19. The fraction of sp³-hybridized carbons (Fsp3) is 0.375. The van der Waals surface area contributed by atoms with Crippen molar-refractivity contribution in [2.24, 2.45) is 0 Å². The number of benzene rings is 1. The zero-order valence-corrected chi connectivity index (χ0v) is 12.8. The van der Waals surface area contributed by atoms with Crippen LogP contribution < -0.4 is 9.47 Å². The van der Waals surface area contributed by atoms with Gasteiger partial charge >= 0.3 is 0 Å². The predicted octanol–water partition coefficient (Wildman–Crippen LogP) is 2.71. The molecule has 112 valence electrons. The highest BCUT2D eigenvalue weighted by molar-refractivity contribution is 6.09. The van der Waals surface area contributed by atoms with Crippen molar-refractivity contribution in [2.45, 2.75) is 26.8 Å². The van der Waals surface area contributed by atoms with Crippen LogP contribution in [0.3, 0.4) is 0 Å². The molecule has 0 radical (unpaired) electrons. The van der Waals surface area contributed by atoms with E-state index in [1.54, 1.807) is 37.1 Å². The summed E-state index contributed by atoms with van der Waals surface area (Å²) < 4.78 is 12.2. The lowest BCUT2D eigenvalue weighted by Crippen LogP contribution is -2.11. The third kappa shape index (κ3) is 2.91. The predicted molar refractivity (Wildman–Crippen MR) is 80.3 cm³/mol. The number of carbonyl (C=O) groups excluding carboxylic acids is 1. The summed E-state index contributed by atoms with van der Waals surface area (Å²) in [4.78, 5) is 12.8. The van der Waals surface area contributed by atoms with Crippen molar-refractivity contribution < 1.29 is 14.3 Å². The lowest BCUT2D eigenvalue weighted by atomic mass is 10.1. The number of carbonyl (C=O) groups is 1. The number of aromatic nitrogens is 2. The van der Waals surface area contributed by atoms with Crippen LogP contribution in [-0.2, 0) is 13.0 Å². The van der Waals surface area contributed by atoms with Crippen molar-refractivity contribution in [1.29, 1.82) is 0 Å². The summed E-state index contributed by atoms with van der Waals surface area (Å²) in [6.07, 6.45) is 0.799. The Morgan fingerprint density at radius 1 is 1.19 bits per heavy atom. The zero-order valence-electron chi connectivity index (χ0n) is 12.8. The van der Waals surface area contributed by atoms with Crippen LogP contribution in [0.1, 0.15) is 35.6 Å². The molecule has 5 nitrogen and oxygen atoms in total. The average molecular weight is 288 g/mol. The van der Waals surface area contributed by atoms with Gasteiger partial charge in [0.1, 0.15) is 17.2 Å². The molecule has 0 saturated heterocycles. The van der Waals surface area contributed by atoms with Crippen LogP contribution in [0.25, 0.3) is 0 Å². The Balaban J connectivity index is 2.46. The van der Waals surface area contributed by atoms with E-state index in [9.17, 15) is 4.79 Å². The number of aryl methyl sites for hydroxylation is 2. The van der Waals surface area contributed by atoms with E-state index in [1.807, 2.05) is 19.9 Å². The van der Waals surface area contributed by atoms with Crippen molar-refractivity contribution in [3.63, 3.8) is 0 Å². The van der Waals surface area contributed by atoms with E-state index in [2.05, 4.69) is 5.10 Å². The van der Waals surface area contributed by atoms with Crippen molar-refractivity contribution in [3.8, 4) is 11.5 Å². The number of ketones is 1. The van der Waals surface area contributed by atoms with E-state index >= 15 is 0 Å². The molecular weight excluding hydrogens is 268 g/mol. The number of rotatable bonds is 6. The molecule has 0 unspecified atom stereocenters. The monoisotopic (exact) mass is 288 g/mol. The van der Waals surface area contributed by atoms with Gasteiger partial charge in [0.15, 0.2) is 0 Å². The first-order chi connectivity index (χ1) is 10.1. The second kappa shape index (κ2) is 6.43. The Labute approximate surface area is 124 Å². The van der Waals surface area contributed by atoms with Crippen LogP contribution in [0.4, 0.5) is 0 Å². The lowest BCUT2D eigenvalue weighted by molar-refractivity contribution is 0.102. The Kier molecular flexibility index (Phi) is 4.62. The van der Waals surface area contributed by atoms with E-state index in [0.717, 1.165) is 12.1 Å². The number of methoxy groups -OCH3 is 2.